The fourth-order valence-electron chi connectivity index (χ4n) is 2.40. The van der Waals surface area contributed by atoms with E-state index in [9.17, 15) is 14.3 Å². The number of halogens is 1. The third-order valence-electron chi connectivity index (χ3n) is 3.41. The van der Waals surface area contributed by atoms with E-state index < -0.39 is 5.82 Å². The van der Waals surface area contributed by atoms with Crippen LogP contribution < -0.4 is 0 Å². The van der Waals surface area contributed by atoms with Gasteiger partial charge in [0.2, 0.25) is 0 Å². The Bertz CT molecular complexity index is 478. The van der Waals surface area contributed by atoms with Crippen LogP contribution in [0.15, 0.2) is 18.2 Å². The second-order valence-electron chi connectivity index (χ2n) is 5.05. The summed E-state index contributed by atoms with van der Waals surface area (Å²) in [5.41, 5.74) is 0.141. The van der Waals surface area contributed by atoms with E-state index in [0.717, 1.165) is 25.3 Å². The van der Waals surface area contributed by atoms with Gasteiger partial charge in [-0.3, -0.25) is 4.79 Å². The molecule has 1 aromatic rings. The van der Waals surface area contributed by atoms with Crippen molar-refractivity contribution in [3.8, 4) is 5.75 Å². The number of nitrogens with zero attached hydrogens (tertiary/aromatic N) is 1. The van der Waals surface area contributed by atoms with Gasteiger partial charge in [0.05, 0.1) is 11.7 Å². The van der Waals surface area contributed by atoms with Gasteiger partial charge in [0.1, 0.15) is 11.6 Å². The highest BCUT2D eigenvalue weighted by Gasteiger charge is 2.26. The molecule has 0 radical (unpaired) electrons. The molecule has 0 saturated carbocycles. The van der Waals surface area contributed by atoms with E-state index >= 15 is 0 Å². The molecule has 1 heterocycles. The van der Waals surface area contributed by atoms with Gasteiger partial charge in [0.15, 0.2) is 0 Å². The average Bonchev–Trinajstić information content (AvgIpc) is 2.45. The van der Waals surface area contributed by atoms with E-state index in [1.165, 1.54) is 12.1 Å². The molecule has 4 nitrogen and oxygen atoms in total. The van der Waals surface area contributed by atoms with Crippen LogP contribution in [0.1, 0.15) is 36.5 Å². The molecule has 1 fully saturated rings. The number of amides is 1. The first-order valence-corrected chi connectivity index (χ1v) is 7.01. The smallest absolute Gasteiger partial charge is 0.257 e. The van der Waals surface area contributed by atoms with Crippen molar-refractivity contribution in [2.45, 2.75) is 32.3 Å². The van der Waals surface area contributed by atoms with E-state index in [2.05, 4.69) is 0 Å². The fourth-order valence-corrected chi connectivity index (χ4v) is 2.40. The topological polar surface area (TPSA) is 49.8 Å². The van der Waals surface area contributed by atoms with E-state index in [4.69, 9.17) is 4.74 Å². The van der Waals surface area contributed by atoms with Gasteiger partial charge in [-0.2, -0.15) is 0 Å². The van der Waals surface area contributed by atoms with Crippen LogP contribution in [0, 0.1) is 5.82 Å². The van der Waals surface area contributed by atoms with Gasteiger partial charge < -0.3 is 14.7 Å². The highest BCUT2D eigenvalue weighted by atomic mass is 19.1. The van der Waals surface area contributed by atoms with Gasteiger partial charge in [-0.1, -0.05) is 6.92 Å². The van der Waals surface area contributed by atoms with Crippen LogP contribution in [0.25, 0.3) is 0 Å². The highest BCUT2D eigenvalue weighted by molar-refractivity contribution is 5.96. The summed E-state index contributed by atoms with van der Waals surface area (Å²) in [5, 5.41) is 9.68. The zero-order chi connectivity index (χ0) is 14.5. The Labute approximate surface area is 118 Å². The van der Waals surface area contributed by atoms with Crippen molar-refractivity contribution < 1.29 is 19.0 Å². The Morgan fingerprint density at radius 3 is 3.05 bits per heavy atom. The molecule has 110 valence electrons. The Morgan fingerprint density at radius 1 is 1.55 bits per heavy atom. The number of hydrogen-bond donors (Lipinski definition) is 1. The Kier molecular flexibility index (Phi) is 4.95. The summed E-state index contributed by atoms with van der Waals surface area (Å²) in [7, 11) is 0. The molecular weight excluding hydrogens is 261 g/mol. The SMILES string of the molecule is CCCOC1CCCN(C(=O)c2ccc(F)cc2O)C1. The largest absolute Gasteiger partial charge is 0.507 e. The molecule has 2 rings (SSSR count). The number of phenols is 1. The lowest BCUT2D eigenvalue weighted by molar-refractivity contribution is 0.00202. The van der Waals surface area contributed by atoms with Crippen molar-refractivity contribution in [1.82, 2.24) is 4.90 Å². The van der Waals surface area contributed by atoms with Crippen molar-refractivity contribution in [2.24, 2.45) is 0 Å². The predicted molar refractivity (Wildman–Crippen MR) is 73.2 cm³/mol. The van der Waals surface area contributed by atoms with Gasteiger partial charge in [-0.05, 0) is 31.4 Å². The molecule has 0 bridgehead atoms. The first kappa shape index (κ1) is 14.8. The number of carbonyl (C=O) groups is 1. The minimum absolute atomic E-state index is 0.0511. The number of phenolic OH excluding ortho intramolecular Hbond substituents is 1. The summed E-state index contributed by atoms with van der Waals surface area (Å²) in [4.78, 5) is 14.0. The Morgan fingerprint density at radius 2 is 2.35 bits per heavy atom. The minimum Gasteiger partial charge on any atom is -0.507 e. The molecule has 1 saturated heterocycles. The molecule has 0 spiro atoms. The number of piperidine rings is 1. The Hall–Kier alpha value is -1.62. The van der Waals surface area contributed by atoms with Crippen molar-refractivity contribution >= 4 is 5.91 Å². The number of aromatic hydroxyl groups is 1. The summed E-state index contributed by atoms with van der Waals surface area (Å²) in [5.74, 6) is -1.14. The molecule has 0 aliphatic carbocycles. The van der Waals surface area contributed by atoms with Crippen molar-refractivity contribution in [1.29, 1.82) is 0 Å². The third kappa shape index (κ3) is 3.48. The molecule has 1 aliphatic rings. The van der Waals surface area contributed by atoms with Gasteiger partial charge in [-0.15, -0.1) is 0 Å². The highest BCUT2D eigenvalue weighted by Crippen LogP contribution is 2.22. The maximum Gasteiger partial charge on any atom is 0.257 e. The first-order chi connectivity index (χ1) is 9.61. The number of rotatable bonds is 4. The van der Waals surface area contributed by atoms with Crippen molar-refractivity contribution in [2.75, 3.05) is 19.7 Å². The lowest BCUT2D eigenvalue weighted by atomic mass is 10.1. The number of carbonyl (C=O) groups excluding carboxylic acids is 1. The molecule has 1 aromatic carbocycles. The fraction of sp³-hybridized carbons (Fsp3) is 0.533. The quantitative estimate of drug-likeness (QED) is 0.922. The molecule has 1 N–H and O–H groups in total. The van der Waals surface area contributed by atoms with Crippen LogP contribution in [0.5, 0.6) is 5.75 Å². The maximum atomic E-state index is 12.9. The van der Waals surface area contributed by atoms with E-state index in [-0.39, 0.29) is 23.3 Å². The van der Waals surface area contributed by atoms with Crippen molar-refractivity contribution in [3.63, 3.8) is 0 Å². The summed E-state index contributed by atoms with van der Waals surface area (Å²) >= 11 is 0. The van der Waals surface area contributed by atoms with Gasteiger partial charge in [-0.25, -0.2) is 4.39 Å². The lowest BCUT2D eigenvalue weighted by Crippen LogP contribution is -2.43. The van der Waals surface area contributed by atoms with Gasteiger partial charge in [0, 0.05) is 25.8 Å². The molecule has 20 heavy (non-hydrogen) atoms. The number of ether oxygens (including phenoxy) is 1. The molecule has 0 aromatic heterocycles. The summed E-state index contributed by atoms with van der Waals surface area (Å²) in [6, 6.07) is 3.47. The van der Waals surface area contributed by atoms with Crippen LogP contribution >= 0.6 is 0 Å². The maximum absolute atomic E-state index is 12.9. The second-order valence-corrected chi connectivity index (χ2v) is 5.05. The summed E-state index contributed by atoms with van der Waals surface area (Å²) in [6.07, 6.45) is 2.82. The Balaban J connectivity index is 2.04. The summed E-state index contributed by atoms with van der Waals surface area (Å²) < 4.78 is 18.6. The lowest BCUT2D eigenvalue weighted by Gasteiger charge is -2.32. The number of likely N-dealkylation sites (tertiary alicyclic amines) is 1. The van der Waals surface area contributed by atoms with E-state index in [1.807, 2.05) is 6.92 Å². The molecule has 5 heteroatoms. The monoisotopic (exact) mass is 281 g/mol. The molecular formula is C15H20FNO3. The van der Waals surface area contributed by atoms with Gasteiger partial charge >= 0.3 is 0 Å². The molecule has 1 unspecified atom stereocenters. The third-order valence-corrected chi connectivity index (χ3v) is 3.41. The van der Waals surface area contributed by atoms with E-state index in [1.54, 1.807) is 4.90 Å². The standard InChI is InChI=1S/C15H20FNO3/c1-2-8-20-12-4-3-7-17(10-12)15(19)13-6-5-11(16)9-14(13)18/h5-6,9,12,18H,2-4,7-8,10H2,1H3. The molecule has 1 amide bonds. The first-order valence-electron chi connectivity index (χ1n) is 7.01. The van der Waals surface area contributed by atoms with Crippen LogP contribution in [0.2, 0.25) is 0 Å². The van der Waals surface area contributed by atoms with Crippen LogP contribution in [-0.4, -0.2) is 41.7 Å². The predicted octanol–water partition coefficient (Wildman–Crippen LogP) is 2.56. The molecule has 1 aliphatic heterocycles. The van der Waals surface area contributed by atoms with Crippen LogP contribution in [0.3, 0.4) is 0 Å². The van der Waals surface area contributed by atoms with E-state index in [0.29, 0.717) is 19.7 Å². The van der Waals surface area contributed by atoms with Crippen LogP contribution in [-0.2, 0) is 4.74 Å². The summed E-state index contributed by atoms with van der Waals surface area (Å²) in [6.45, 7) is 3.90. The van der Waals surface area contributed by atoms with Gasteiger partial charge in [0.25, 0.3) is 5.91 Å². The number of hydrogen-bond acceptors (Lipinski definition) is 3. The van der Waals surface area contributed by atoms with Crippen molar-refractivity contribution in [3.05, 3.63) is 29.6 Å². The molecule has 1 atom stereocenters. The normalized spacial score (nSPS) is 19.1. The minimum atomic E-state index is -0.554. The number of benzene rings is 1. The second kappa shape index (κ2) is 6.70. The zero-order valence-corrected chi connectivity index (χ0v) is 11.6. The van der Waals surface area contributed by atoms with Crippen LogP contribution in [0.4, 0.5) is 4.39 Å². The zero-order valence-electron chi connectivity index (χ0n) is 11.6. The average molecular weight is 281 g/mol.